The molecular formula is C29H34ClN3O7S2. The number of carbonyl (C=O) groups excluding carboxylic acids is 1. The number of nitrogens with zero attached hydrogens (tertiary/aromatic N) is 2. The molecule has 1 aliphatic heterocycles. The van der Waals surface area contributed by atoms with Crippen LogP contribution in [0, 0.1) is 12.8 Å². The average Bonchev–Trinajstić information content (AvgIpc) is 2.95. The Morgan fingerprint density at radius 1 is 1.05 bits per heavy atom. The van der Waals surface area contributed by atoms with Gasteiger partial charge in [0, 0.05) is 30.2 Å². The summed E-state index contributed by atoms with van der Waals surface area (Å²) in [5.74, 6) is -0.609. The lowest BCUT2D eigenvalue weighted by atomic mass is 9.99. The molecule has 4 rings (SSSR count). The van der Waals surface area contributed by atoms with Gasteiger partial charge in [-0.25, -0.2) is 16.8 Å². The van der Waals surface area contributed by atoms with E-state index in [4.69, 9.17) is 16.3 Å². The van der Waals surface area contributed by atoms with Gasteiger partial charge in [-0.3, -0.25) is 9.52 Å². The van der Waals surface area contributed by atoms with Crippen LogP contribution in [-0.2, 0) is 20.0 Å². The summed E-state index contributed by atoms with van der Waals surface area (Å²) >= 11 is 5.89. The lowest BCUT2D eigenvalue weighted by Crippen LogP contribution is -2.50. The topological polar surface area (TPSA) is 133 Å². The molecule has 1 heterocycles. The fourth-order valence-electron chi connectivity index (χ4n) is 4.57. The molecule has 1 aliphatic rings. The van der Waals surface area contributed by atoms with Crippen LogP contribution >= 0.6 is 11.6 Å². The zero-order valence-corrected chi connectivity index (χ0v) is 26.1. The highest BCUT2D eigenvalue weighted by Crippen LogP contribution is 2.32. The summed E-state index contributed by atoms with van der Waals surface area (Å²) in [6.45, 7) is 5.27. The molecule has 0 bridgehead atoms. The van der Waals surface area contributed by atoms with Crippen LogP contribution in [0.15, 0.2) is 76.5 Å². The fourth-order valence-corrected chi connectivity index (χ4v) is 6.93. The average molecular weight is 636 g/mol. The number of anilines is 1. The minimum absolute atomic E-state index is 0.0107. The normalized spacial score (nSPS) is 18.5. The first-order chi connectivity index (χ1) is 19.7. The van der Waals surface area contributed by atoms with Crippen molar-refractivity contribution in [2.75, 3.05) is 31.5 Å². The highest BCUT2D eigenvalue weighted by Gasteiger charge is 2.35. The second-order valence-electron chi connectivity index (χ2n) is 10.5. The molecular weight excluding hydrogens is 602 g/mol. The molecule has 3 atom stereocenters. The number of hydrogen-bond donors (Lipinski definition) is 2. The van der Waals surface area contributed by atoms with E-state index in [1.807, 2.05) is 13.8 Å². The van der Waals surface area contributed by atoms with Crippen molar-refractivity contribution in [2.45, 2.75) is 42.7 Å². The van der Waals surface area contributed by atoms with Crippen LogP contribution in [-0.4, -0.2) is 75.9 Å². The quantitative estimate of drug-likeness (QED) is 0.363. The molecule has 0 aliphatic carbocycles. The van der Waals surface area contributed by atoms with Gasteiger partial charge in [0.1, 0.15) is 11.9 Å². The van der Waals surface area contributed by atoms with Gasteiger partial charge in [-0.15, -0.1) is 0 Å². The van der Waals surface area contributed by atoms with Gasteiger partial charge >= 0.3 is 0 Å². The van der Waals surface area contributed by atoms with Crippen molar-refractivity contribution in [3.05, 3.63) is 82.9 Å². The van der Waals surface area contributed by atoms with E-state index in [9.17, 15) is 26.7 Å². The molecule has 10 nitrogen and oxygen atoms in total. The maximum Gasteiger partial charge on any atom is 0.261 e. The molecule has 0 saturated heterocycles. The smallest absolute Gasteiger partial charge is 0.261 e. The Morgan fingerprint density at radius 2 is 1.67 bits per heavy atom. The maximum absolute atomic E-state index is 13.7. The molecule has 13 heteroatoms. The third-order valence-corrected chi connectivity index (χ3v) is 10.7. The van der Waals surface area contributed by atoms with Crippen LogP contribution in [0.1, 0.15) is 29.8 Å². The van der Waals surface area contributed by atoms with Crippen molar-refractivity contribution in [3.63, 3.8) is 0 Å². The number of aliphatic hydroxyl groups is 1. The van der Waals surface area contributed by atoms with Crippen molar-refractivity contribution in [2.24, 2.45) is 5.92 Å². The number of benzene rings is 3. The summed E-state index contributed by atoms with van der Waals surface area (Å²) in [5.41, 5.74) is 1.14. The van der Waals surface area contributed by atoms with Crippen molar-refractivity contribution in [3.8, 4) is 5.75 Å². The molecule has 0 aromatic heterocycles. The number of rotatable bonds is 9. The number of carbonyl (C=O) groups is 1. The van der Waals surface area contributed by atoms with Gasteiger partial charge in [0.15, 0.2) is 0 Å². The molecule has 0 saturated carbocycles. The summed E-state index contributed by atoms with van der Waals surface area (Å²) < 4.78 is 62.5. The van der Waals surface area contributed by atoms with Crippen LogP contribution in [0.4, 0.5) is 5.69 Å². The van der Waals surface area contributed by atoms with E-state index in [1.165, 1.54) is 58.7 Å². The minimum Gasteiger partial charge on any atom is -0.488 e. The zero-order valence-electron chi connectivity index (χ0n) is 23.7. The first kappa shape index (κ1) is 31.8. The number of nitrogens with one attached hydrogen (secondary N) is 1. The molecule has 2 N–H and O–H groups in total. The Hall–Kier alpha value is -3.16. The van der Waals surface area contributed by atoms with Crippen molar-refractivity contribution < 1.29 is 31.5 Å². The van der Waals surface area contributed by atoms with Gasteiger partial charge in [-0.05, 0) is 68.4 Å². The first-order valence-electron chi connectivity index (χ1n) is 13.3. The number of aliphatic hydroxyl groups excluding tert-OH is 1. The fraction of sp³-hybridized carbons (Fsp3) is 0.345. The molecule has 1 amide bonds. The number of fused-ring (bicyclic) bond motifs is 1. The van der Waals surface area contributed by atoms with Crippen LogP contribution < -0.4 is 9.46 Å². The molecule has 0 radical (unpaired) electrons. The van der Waals surface area contributed by atoms with E-state index in [-0.39, 0.29) is 52.4 Å². The Bertz CT molecular complexity index is 1650. The predicted molar refractivity (Wildman–Crippen MR) is 161 cm³/mol. The number of sulfonamides is 2. The van der Waals surface area contributed by atoms with Crippen molar-refractivity contribution in [1.29, 1.82) is 0 Å². The van der Waals surface area contributed by atoms with Crippen molar-refractivity contribution >= 4 is 43.2 Å². The van der Waals surface area contributed by atoms with E-state index < -0.39 is 38.1 Å². The Balaban J connectivity index is 1.68. The lowest BCUT2D eigenvalue weighted by Gasteiger charge is -2.38. The summed E-state index contributed by atoms with van der Waals surface area (Å²) in [7, 11) is -6.35. The SMILES string of the molecule is Cc1ccc(S(=O)(=O)N(C)C[C@@H]2Oc3ccc(NS(=O)(=O)c4ccc(Cl)cc4)cc3C(=O)N([C@H](C)CO)C[C@@H]2C)cc1. The highest BCUT2D eigenvalue weighted by atomic mass is 35.5. The van der Waals surface area contributed by atoms with Crippen LogP contribution in [0.5, 0.6) is 5.75 Å². The van der Waals surface area contributed by atoms with Crippen LogP contribution in [0.25, 0.3) is 0 Å². The summed E-state index contributed by atoms with van der Waals surface area (Å²) in [6.07, 6.45) is -0.674. The predicted octanol–water partition coefficient (Wildman–Crippen LogP) is 3.99. The van der Waals surface area contributed by atoms with E-state index in [0.29, 0.717) is 5.02 Å². The largest absolute Gasteiger partial charge is 0.488 e. The summed E-state index contributed by atoms with van der Waals surface area (Å²) in [6, 6.07) is 16.0. The Labute approximate surface area is 252 Å². The molecule has 0 unspecified atom stereocenters. The molecule has 0 spiro atoms. The number of amides is 1. The van der Waals surface area contributed by atoms with Gasteiger partial charge in [0.2, 0.25) is 10.0 Å². The molecule has 226 valence electrons. The monoisotopic (exact) mass is 635 g/mol. The van der Waals surface area contributed by atoms with E-state index >= 15 is 0 Å². The number of hydrogen-bond acceptors (Lipinski definition) is 7. The van der Waals surface area contributed by atoms with Gasteiger partial charge in [-0.2, -0.15) is 4.31 Å². The highest BCUT2D eigenvalue weighted by molar-refractivity contribution is 7.92. The number of aryl methyl sites for hydroxylation is 1. The van der Waals surface area contributed by atoms with Crippen LogP contribution in [0.3, 0.4) is 0 Å². The third-order valence-electron chi connectivity index (χ3n) is 7.21. The standard InChI is InChI=1S/C29H34ClN3O7S2/c1-19-5-10-25(11-6-19)42(38,39)32(4)17-28-20(2)16-33(21(3)18-34)29(35)26-15-23(9-14-27(26)40-28)31-41(36,37)24-12-7-22(30)8-13-24/h5-15,20-21,28,31,34H,16-18H2,1-4H3/t20-,21+,28-/m0/s1. The van der Waals surface area contributed by atoms with E-state index in [2.05, 4.69) is 4.72 Å². The van der Waals surface area contributed by atoms with Gasteiger partial charge in [0.05, 0.1) is 34.5 Å². The number of halogens is 1. The van der Waals surface area contributed by atoms with Gasteiger partial charge < -0.3 is 14.7 Å². The number of ether oxygens (including phenoxy) is 1. The summed E-state index contributed by atoms with van der Waals surface area (Å²) in [5, 5.41) is 10.3. The Morgan fingerprint density at radius 3 is 2.29 bits per heavy atom. The molecule has 42 heavy (non-hydrogen) atoms. The molecule has 3 aromatic rings. The van der Waals surface area contributed by atoms with E-state index in [0.717, 1.165) is 5.56 Å². The maximum atomic E-state index is 13.7. The van der Waals surface area contributed by atoms with Gasteiger partial charge in [-0.1, -0.05) is 36.2 Å². The minimum atomic E-state index is -3.99. The second-order valence-corrected chi connectivity index (χ2v) is 14.7. The summed E-state index contributed by atoms with van der Waals surface area (Å²) in [4.78, 5) is 15.3. The second kappa shape index (κ2) is 12.6. The zero-order chi connectivity index (χ0) is 30.8. The van der Waals surface area contributed by atoms with E-state index in [1.54, 1.807) is 31.2 Å². The Kier molecular flexibility index (Phi) is 9.53. The van der Waals surface area contributed by atoms with Crippen molar-refractivity contribution in [1.82, 2.24) is 9.21 Å². The molecule has 0 fully saturated rings. The molecule has 3 aromatic carbocycles. The number of likely N-dealkylation sites (N-methyl/N-ethyl adjacent to an activating group) is 1. The van der Waals surface area contributed by atoms with Crippen LogP contribution in [0.2, 0.25) is 5.02 Å². The first-order valence-corrected chi connectivity index (χ1v) is 16.6. The lowest BCUT2D eigenvalue weighted by molar-refractivity contribution is 0.0387. The third kappa shape index (κ3) is 6.90. The van der Waals surface area contributed by atoms with Gasteiger partial charge in [0.25, 0.3) is 15.9 Å².